The molecule has 3 rings (SSSR count). The van der Waals surface area contributed by atoms with E-state index in [1.807, 2.05) is 0 Å². The van der Waals surface area contributed by atoms with Crippen LogP contribution in [0.3, 0.4) is 0 Å². The maximum atomic E-state index is 12.6. The van der Waals surface area contributed by atoms with Gasteiger partial charge in [-0.3, -0.25) is 18.7 Å². The highest BCUT2D eigenvalue weighted by Gasteiger charge is 2.33. The molecule has 120 valence electrons. The minimum atomic E-state index is -0.560. The molecule has 0 unspecified atom stereocenters. The number of fused-ring (bicyclic) bond motifs is 1. The number of carbonyl (C=O) groups is 1. The summed E-state index contributed by atoms with van der Waals surface area (Å²) >= 11 is 12.3. The first kappa shape index (κ1) is 15.8. The molecule has 1 aliphatic heterocycles. The number of halogens is 2. The molecule has 1 atom stereocenters. The lowest BCUT2D eigenvalue weighted by Gasteiger charge is -2.27. The number of hydrogen-bond donors (Lipinski definition) is 1. The van der Waals surface area contributed by atoms with Crippen LogP contribution in [0.4, 0.5) is 5.82 Å². The van der Waals surface area contributed by atoms with E-state index in [9.17, 15) is 14.4 Å². The number of anilines is 1. The van der Waals surface area contributed by atoms with E-state index in [4.69, 9.17) is 23.2 Å². The second kappa shape index (κ2) is 5.54. The summed E-state index contributed by atoms with van der Waals surface area (Å²) in [6, 6.07) is 5.07. The topological polar surface area (TPSA) is 73.1 Å². The van der Waals surface area contributed by atoms with Crippen LogP contribution in [0.5, 0.6) is 0 Å². The van der Waals surface area contributed by atoms with Gasteiger partial charge in [-0.1, -0.05) is 35.3 Å². The highest BCUT2D eigenvalue weighted by molar-refractivity contribution is 6.42. The van der Waals surface area contributed by atoms with Crippen LogP contribution in [0.25, 0.3) is 0 Å². The van der Waals surface area contributed by atoms with Gasteiger partial charge in [-0.15, -0.1) is 0 Å². The van der Waals surface area contributed by atoms with Crippen molar-refractivity contribution in [3.05, 3.63) is 60.2 Å². The molecule has 1 aliphatic rings. The van der Waals surface area contributed by atoms with Crippen LogP contribution >= 0.6 is 23.2 Å². The molecule has 1 aromatic heterocycles. The summed E-state index contributed by atoms with van der Waals surface area (Å²) in [5, 5.41) is 3.25. The summed E-state index contributed by atoms with van der Waals surface area (Å²) in [4.78, 5) is 36.7. The Bertz CT molecular complexity index is 946. The molecule has 0 saturated heterocycles. The van der Waals surface area contributed by atoms with E-state index in [-0.39, 0.29) is 18.1 Å². The third-order valence-electron chi connectivity index (χ3n) is 4.05. The maximum Gasteiger partial charge on any atom is 0.332 e. The Morgan fingerprint density at radius 2 is 1.83 bits per heavy atom. The predicted octanol–water partition coefficient (Wildman–Crippen LogP) is 1.86. The Labute approximate surface area is 141 Å². The lowest BCUT2D eigenvalue weighted by Crippen LogP contribution is -2.44. The van der Waals surface area contributed by atoms with Crippen LogP contribution < -0.4 is 16.6 Å². The van der Waals surface area contributed by atoms with Gasteiger partial charge in [0.15, 0.2) is 0 Å². The fourth-order valence-corrected chi connectivity index (χ4v) is 3.30. The van der Waals surface area contributed by atoms with Crippen molar-refractivity contribution < 1.29 is 4.79 Å². The van der Waals surface area contributed by atoms with Gasteiger partial charge >= 0.3 is 5.69 Å². The molecule has 1 N–H and O–H groups in total. The lowest BCUT2D eigenvalue weighted by molar-refractivity contribution is -0.116. The Kier molecular flexibility index (Phi) is 3.82. The molecule has 0 bridgehead atoms. The maximum absolute atomic E-state index is 12.6. The fourth-order valence-electron chi connectivity index (χ4n) is 2.86. The summed E-state index contributed by atoms with van der Waals surface area (Å²) in [6.07, 6.45) is 0.0561. The molecule has 2 heterocycles. The number of nitrogens with zero attached hydrogens (tertiary/aromatic N) is 2. The molecule has 0 spiro atoms. The third-order valence-corrected chi connectivity index (χ3v) is 4.89. The Morgan fingerprint density at radius 1 is 1.13 bits per heavy atom. The van der Waals surface area contributed by atoms with Gasteiger partial charge in [-0.2, -0.15) is 0 Å². The molecule has 8 heteroatoms. The summed E-state index contributed by atoms with van der Waals surface area (Å²) in [5.74, 6) is -0.646. The van der Waals surface area contributed by atoms with Crippen molar-refractivity contribution in [3.8, 4) is 0 Å². The second-order valence-corrected chi connectivity index (χ2v) is 6.20. The standard InChI is InChI=1S/C15H13Cl2N3O3/c1-19-13-11(14(22)20(2)15(19)23)8(6-10(21)18-13)7-4-3-5-9(16)12(7)17/h3-5,8H,6H2,1-2H3,(H,18,21)/t8-/m0/s1. The van der Waals surface area contributed by atoms with Gasteiger partial charge in [0, 0.05) is 26.4 Å². The molecule has 23 heavy (non-hydrogen) atoms. The molecule has 0 saturated carbocycles. The van der Waals surface area contributed by atoms with Gasteiger partial charge < -0.3 is 5.32 Å². The molecule has 0 radical (unpaired) electrons. The summed E-state index contributed by atoms with van der Waals surface area (Å²) in [7, 11) is 2.90. The largest absolute Gasteiger partial charge is 0.332 e. The Balaban J connectivity index is 2.36. The zero-order valence-corrected chi connectivity index (χ0v) is 13.9. The van der Waals surface area contributed by atoms with Gasteiger partial charge in [0.25, 0.3) is 5.56 Å². The number of carbonyl (C=O) groups excluding carboxylic acids is 1. The normalized spacial score (nSPS) is 16.9. The zero-order chi connectivity index (χ0) is 16.9. The highest BCUT2D eigenvalue weighted by atomic mass is 35.5. The van der Waals surface area contributed by atoms with Crippen LogP contribution in [-0.4, -0.2) is 15.0 Å². The van der Waals surface area contributed by atoms with Crippen molar-refractivity contribution in [2.24, 2.45) is 14.1 Å². The van der Waals surface area contributed by atoms with E-state index in [0.717, 1.165) is 4.57 Å². The average Bonchev–Trinajstić information content (AvgIpc) is 2.52. The highest BCUT2D eigenvalue weighted by Crippen LogP contribution is 2.39. The smallest absolute Gasteiger partial charge is 0.312 e. The summed E-state index contributed by atoms with van der Waals surface area (Å²) in [6.45, 7) is 0. The second-order valence-electron chi connectivity index (χ2n) is 5.42. The number of aromatic nitrogens is 2. The Morgan fingerprint density at radius 3 is 2.52 bits per heavy atom. The number of amides is 1. The van der Waals surface area contributed by atoms with Crippen molar-refractivity contribution in [1.29, 1.82) is 0 Å². The average molecular weight is 354 g/mol. The number of rotatable bonds is 1. The monoisotopic (exact) mass is 353 g/mol. The lowest BCUT2D eigenvalue weighted by atomic mass is 9.86. The first-order valence-corrected chi connectivity index (χ1v) is 7.62. The van der Waals surface area contributed by atoms with Crippen molar-refractivity contribution in [1.82, 2.24) is 9.13 Å². The minimum absolute atomic E-state index is 0.0561. The van der Waals surface area contributed by atoms with E-state index >= 15 is 0 Å². The fraction of sp³-hybridized carbons (Fsp3) is 0.267. The van der Waals surface area contributed by atoms with Gasteiger partial charge in [-0.25, -0.2) is 4.79 Å². The summed E-state index contributed by atoms with van der Waals surface area (Å²) in [5.41, 5.74) is -0.0413. The van der Waals surface area contributed by atoms with Crippen LogP contribution in [-0.2, 0) is 18.9 Å². The van der Waals surface area contributed by atoms with Crippen LogP contribution in [0.15, 0.2) is 27.8 Å². The molecule has 1 amide bonds. The van der Waals surface area contributed by atoms with E-state index in [2.05, 4.69) is 5.32 Å². The molecule has 0 fully saturated rings. The molecule has 2 aromatic rings. The minimum Gasteiger partial charge on any atom is -0.312 e. The molecule has 6 nitrogen and oxygen atoms in total. The van der Waals surface area contributed by atoms with Gasteiger partial charge in [0.1, 0.15) is 5.82 Å². The third kappa shape index (κ3) is 2.38. The van der Waals surface area contributed by atoms with Gasteiger partial charge in [-0.05, 0) is 11.6 Å². The quantitative estimate of drug-likeness (QED) is 0.850. The number of nitrogens with one attached hydrogen (secondary N) is 1. The zero-order valence-electron chi connectivity index (χ0n) is 12.4. The molecule has 1 aromatic carbocycles. The van der Waals surface area contributed by atoms with E-state index in [0.29, 0.717) is 21.2 Å². The van der Waals surface area contributed by atoms with Crippen LogP contribution in [0.1, 0.15) is 23.5 Å². The predicted molar refractivity (Wildman–Crippen MR) is 88.5 cm³/mol. The van der Waals surface area contributed by atoms with Crippen molar-refractivity contribution in [2.45, 2.75) is 12.3 Å². The van der Waals surface area contributed by atoms with E-state index in [1.165, 1.54) is 18.7 Å². The molecular formula is C15H13Cl2N3O3. The Hall–Kier alpha value is -2.05. The SMILES string of the molecule is Cn1c2c(c(=O)n(C)c1=O)[C@H](c1cccc(Cl)c1Cl)CC(=O)N2. The van der Waals surface area contributed by atoms with Gasteiger partial charge in [0.2, 0.25) is 5.91 Å². The van der Waals surface area contributed by atoms with Crippen LogP contribution in [0, 0.1) is 0 Å². The van der Waals surface area contributed by atoms with Crippen LogP contribution in [0.2, 0.25) is 10.0 Å². The number of hydrogen-bond acceptors (Lipinski definition) is 3. The van der Waals surface area contributed by atoms with E-state index < -0.39 is 17.2 Å². The summed E-state index contributed by atoms with van der Waals surface area (Å²) < 4.78 is 2.26. The first-order chi connectivity index (χ1) is 10.8. The number of benzene rings is 1. The molecular weight excluding hydrogens is 341 g/mol. The molecule has 0 aliphatic carbocycles. The first-order valence-electron chi connectivity index (χ1n) is 6.86. The van der Waals surface area contributed by atoms with Crippen molar-refractivity contribution >= 4 is 34.9 Å². The van der Waals surface area contributed by atoms with Gasteiger partial charge in [0.05, 0.1) is 15.6 Å². The van der Waals surface area contributed by atoms with E-state index in [1.54, 1.807) is 18.2 Å². The van der Waals surface area contributed by atoms with Crippen molar-refractivity contribution in [2.75, 3.05) is 5.32 Å². The van der Waals surface area contributed by atoms with Crippen molar-refractivity contribution in [3.63, 3.8) is 0 Å².